The number of ether oxygens (including phenoxy) is 1. The van der Waals surface area contributed by atoms with E-state index < -0.39 is 0 Å². The molecule has 0 radical (unpaired) electrons. The Labute approximate surface area is 127 Å². The molecule has 4 nitrogen and oxygen atoms in total. The van der Waals surface area contributed by atoms with Crippen LogP contribution in [0.3, 0.4) is 0 Å². The van der Waals surface area contributed by atoms with Crippen molar-refractivity contribution >= 4 is 17.4 Å². The minimum absolute atomic E-state index is 0.0628. The predicted octanol–water partition coefficient (Wildman–Crippen LogP) is 3.10. The van der Waals surface area contributed by atoms with Crippen LogP contribution in [0.4, 0.5) is 5.82 Å². The summed E-state index contributed by atoms with van der Waals surface area (Å²) in [5.41, 5.74) is 1.13. The van der Waals surface area contributed by atoms with Crippen molar-refractivity contribution < 1.29 is 4.74 Å². The normalized spacial score (nSPS) is 11.7. The second-order valence-electron chi connectivity index (χ2n) is 5.81. The van der Waals surface area contributed by atoms with Gasteiger partial charge in [0.2, 0.25) is 0 Å². The van der Waals surface area contributed by atoms with E-state index in [2.05, 4.69) is 49.0 Å². The average molecular weight is 300 g/mol. The molecular weight excluding hydrogens is 274 g/mol. The Morgan fingerprint density at radius 1 is 1.40 bits per heavy atom. The molecule has 0 aliphatic rings. The van der Waals surface area contributed by atoms with Crippen molar-refractivity contribution in [1.29, 1.82) is 0 Å². The molecule has 0 spiro atoms. The Hall–Kier alpha value is -0.840. The molecule has 114 valence electrons. The van der Waals surface area contributed by atoms with Crippen LogP contribution in [0, 0.1) is 0 Å². The molecule has 1 N–H and O–H groups in total. The maximum Gasteiger partial charge on any atom is 0.128 e. The summed E-state index contributed by atoms with van der Waals surface area (Å²) in [6.45, 7) is 11.7. The van der Waals surface area contributed by atoms with Gasteiger partial charge in [-0.3, -0.25) is 0 Å². The summed E-state index contributed by atoms with van der Waals surface area (Å²) in [5.74, 6) is 0.944. The highest BCUT2D eigenvalue weighted by Crippen LogP contribution is 2.21. The third-order valence-corrected chi connectivity index (χ3v) is 3.34. The van der Waals surface area contributed by atoms with E-state index in [4.69, 9.17) is 16.3 Å². The molecule has 1 aromatic rings. The van der Waals surface area contributed by atoms with Crippen molar-refractivity contribution in [2.45, 2.75) is 39.8 Å². The minimum Gasteiger partial charge on any atom is -0.383 e. The summed E-state index contributed by atoms with van der Waals surface area (Å²) < 4.78 is 5.13. The Kier molecular flexibility index (Phi) is 6.72. The van der Waals surface area contributed by atoms with Crippen molar-refractivity contribution in [1.82, 2.24) is 10.3 Å². The number of nitrogens with zero attached hydrogens (tertiary/aromatic N) is 2. The Bertz CT molecular complexity index is 418. The number of halogens is 1. The topological polar surface area (TPSA) is 37.4 Å². The Morgan fingerprint density at radius 2 is 2.10 bits per heavy atom. The first-order valence-electron chi connectivity index (χ1n) is 7.00. The van der Waals surface area contributed by atoms with Crippen LogP contribution in [0.25, 0.3) is 0 Å². The van der Waals surface area contributed by atoms with Gasteiger partial charge < -0.3 is 15.0 Å². The molecule has 0 saturated carbocycles. The van der Waals surface area contributed by atoms with Crippen molar-refractivity contribution in [3.63, 3.8) is 0 Å². The van der Waals surface area contributed by atoms with Crippen LogP contribution in [0.1, 0.15) is 33.3 Å². The molecule has 0 amide bonds. The fraction of sp³-hybridized carbons (Fsp3) is 0.667. The van der Waals surface area contributed by atoms with Crippen LogP contribution in [0.2, 0.25) is 5.02 Å². The van der Waals surface area contributed by atoms with Crippen LogP contribution >= 0.6 is 11.6 Å². The van der Waals surface area contributed by atoms with Crippen LogP contribution < -0.4 is 10.2 Å². The lowest BCUT2D eigenvalue weighted by Crippen LogP contribution is -2.35. The molecule has 20 heavy (non-hydrogen) atoms. The van der Waals surface area contributed by atoms with Crippen LogP contribution in [-0.2, 0) is 11.3 Å². The fourth-order valence-corrected chi connectivity index (χ4v) is 1.94. The van der Waals surface area contributed by atoms with E-state index in [0.29, 0.717) is 11.6 Å². The van der Waals surface area contributed by atoms with E-state index in [1.165, 1.54) is 0 Å². The zero-order valence-electron chi connectivity index (χ0n) is 13.2. The molecule has 1 rings (SSSR count). The van der Waals surface area contributed by atoms with E-state index >= 15 is 0 Å². The Balaban J connectivity index is 2.83. The Morgan fingerprint density at radius 3 is 2.65 bits per heavy atom. The van der Waals surface area contributed by atoms with Gasteiger partial charge >= 0.3 is 0 Å². The van der Waals surface area contributed by atoms with E-state index in [1.807, 2.05) is 0 Å². The van der Waals surface area contributed by atoms with E-state index in [1.54, 1.807) is 13.3 Å². The van der Waals surface area contributed by atoms with E-state index in [9.17, 15) is 0 Å². The zero-order chi connectivity index (χ0) is 15.2. The average Bonchev–Trinajstić information content (AvgIpc) is 2.38. The molecular formula is C15H26ClN3O. The number of rotatable bonds is 7. The summed E-state index contributed by atoms with van der Waals surface area (Å²) in [6.07, 6.45) is 1.73. The molecule has 0 aliphatic heterocycles. The summed E-state index contributed by atoms with van der Waals surface area (Å²) in [6, 6.07) is 2.06. The highest BCUT2D eigenvalue weighted by Gasteiger charge is 2.12. The van der Waals surface area contributed by atoms with Crippen molar-refractivity contribution in [2.75, 3.05) is 31.7 Å². The van der Waals surface area contributed by atoms with Crippen molar-refractivity contribution in [2.24, 2.45) is 0 Å². The lowest BCUT2D eigenvalue weighted by atomic mass is 10.1. The molecule has 1 aromatic heterocycles. The molecule has 0 atom stereocenters. The fourth-order valence-electron chi connectivity index (χ4n) is 1.77. The zero-order valence-corrected chi connectivity index (χ0v) is 13.9. The highest BCUT2D eigenvalue weighted by molar-refractivity contribution is 6.31. The minimum atomic E-state index is 0.0628. The molecule has 0 fully saturated rings. The number of nitrogens with one attached hydrogen (secondary N) is 1. The number of methoxy groups -OCH3 is 1. The second-order valence-corrected chi connectivity index (χ2v) is 6.22. The molecule has 5 heteroatoms. The van der Waals surface area contributed by atoms with Gasteiger partial charge in [0.15, 0.2) is 0 Å². The summed E-state index contributed by atoms with van der Waals surface area (Å²) >= 11 is 6.23. The SMILES string of the molecule is CCN(CCOC)c1cc(CNC(C)(C)C)c(Cl)cn1. The maximum atomic E-state index is 6.23. The van der Waals surface area contributed by atoms with Gasteiger partial charge in [0, 0.05) is 38.5 Å². The number of aromatic nitrogens is 1. The number of hydrogen-bond donors (Lipinski definition) is 1. The summed E-state index contributed by atoms with van der Waals surface area (Å²) in [7, 11) is 1.71. The number of hydrogen-bond acceptors (Lipinski definition) is 4. The monoisotopic (exact) mass is 299 g/mol. The third-order valence-electron chi connectivity index (χ3n) is 3.00. The molecule has 0 unspecified atom stereocenters. The second kappa shape index (κ2) is 7.81. The van der Waals surface area contributed by atoms with Crippen molar-refractivity contribution in [3.05, 3.63) is 22.8 Å². The van der Waals surface area contributed by atoms with Gasteiger partial charge in [0.05, 0.1) is 11.6 Å². The van der Waals surface area contributed by atoms with Gasteiger partial charge in [-0.25, -0.2) is 4.98 Å². The summed E-state index contributed by atoms with van der Waals surface area (Å²) in [5, 5.41) is 4.15. The number of anilines is 1. The van der Waals surface area contributed by atoms with E-state index in [-0.39, 0.29) is 5.54 Å². The van der Waals surface area contributed by atoms with Gasteiger partial charge in [-0.2, -0.15) is 0 Å². The molecule has 0 aliphatic carbocycles. The summed E-state index contributed by atoms with van der Waals surface area (Å²) in [4.78, 5) is 6.60. The van der Waals surface area contributed by atoms with Crippen molar-refractivity contribution in [3.8, 4) is 0 Å². The smallest absolute Gasteiger partial charge is 0.128 e. The molecule has 0 saturated heterocycles. The first-order valence-corrected chi connectivity index (χ1v) is 7.38. The maximum absolute atomic E-state index is 6.23. The standard InChI is InChI=1S/C15H26ClN3O/c1-6-19(7-8-20-5)14-9-12(13(16)11-17-14)10-18-15(2,3)4/h9,11,18H,6-8,10H2,1-5H3. The van der Waals surface area contributed by atoms with Gasteiger partial charge in [0.25, 0.3) is 0 Å². The van der Waals surface area contributed by atoms with Crippen LogP contribution in [0.5, 0.6) is 0 Å². The molecule has 1 heterocycles. The lowest BCUT2D eigenvalue weighted by molar-refractivity contribution is 0.205. The first kappa shape index (κ1) is 17.2. The first-order chi connectivity index (χ1) is 9.37. The number of pyridine rings is 1. The molecule has 0 aromatic carbocycles. The third kappa shape index (κ3) is 5.65. The quantitative estimate of drug-likeness (QED) is 0.839. The van der Waals surface area contributed by atoms with Crippen LogP contribution in [0.15, 0.2) is 12.3 Å². The predicted molar refractivity (Wildman–Crippen MR) is 85.6 cm³/mol. The highest BCUT2D eigenvalue weighted by atomic mass is 35.5. The molecule has 0 bridgehead atoms. The van der Waals surface area contributed by atoms with Gasteiger partial charge in [-0.15, -0.1) is 0 Å². The van der Waals surface area contributed by atoms with Gasteiger partial charge in [-0.05, 0) is 39.3 Å². The van der Waals surface area contributed by atoms with Gasteiger partial charge in [-0.1, -0.05) is 11.6 Å². The lowest BCUT2D eigenvalue weighted by Gasteiger charge is -2.24. The van der Waals surface area contributed by atoms with Crippen LogP contribution in [-0.4, -0.2) is 37.3 Å². The number of likely N-dealkylation sites (N-methyl/N-ethyl adjacent to an activating group) is 1. The van der Waals surface area contributed by atoms with Gasteiger partial charge in [0.1, 0.15) is 5.82 Å². The van der Waals surface area contributed by atoms with E-state index in [0.717, 1.165) is 31.0 Å². The largest absolute Gasteiger partial charge is 0.383 e.